The summed E-state index contributed by atoms with van der Waals surface area (Å²) in [6.07, 6.45) is 5.44. The summed E-state index contributed by atoms with van der Waals surface area (Å²) < 4.78 is 27.8. The molecule has 1 heterocycles. The minimum absolute atomic E-state index is 0.0542. The highest BCUT2D eigenvalue weighted by molar-refractivity contribution is 9.11. The van der Waals surface area contributed by atoms with Crippen molar-refractivity contribution in [2.45, 2.75) is 56.2 Å². The molecule has 0 amide bonds. The highest BCUT2D eigenvalue weighted by atomic mass is 79.9. The number of unbranched alkanes of at least 4 members (excludes halogenated alkanes) is 3. The lowest BCUT2D eigenvalue weighted by atomic mass is 10.1. The van der Waals surface area contributed by atoms with Crippen LogP contribution in [-0.4, -0.2) is 14.5 Å². The first-order valence-electron chi connectivity index (χ1n) is 6.34. The van der Waals surface area contributed by atoms with E-state index < -0.39 is 10.0 Å². The van der Waals surface area contributed by atoms with Crippen molar-refractivity contribution in [1.29, 1.82) is 0 Å². The number of sulfonamides is 1. The van der Waals surface area contributed by atoms with Crippen molar-refractivity contribution in [3.63, 3.8) is 0 Å². The van der Waals surface area contributed by atoms with E-state index in [1.807, 2.05) is 6.92 Å². The number of hydrogen-bond acceptors (Lipinski definition) is 3. The Morgan fingerprint density at radius 1 is 1.42 bits per heavy atom. The van der Waals surface area contributed by atoms with Gasteiger partial charge in [-0.1, -0.05) is 44.2 Å². The van der Waals surface area contributed by atoms with Crippen molar-refractivity contribution < 1.29 is 8.42 Å². The first-order chi connectivity index (χ1) is 8.86. The summed E-state index contributed by atoms with van der Waals surface area (Å²) in [6.45, 7) is 4.05. The van der Waals surface area contributed by atoms with Crippen molar-refractivity contribution in [3.8, 4) is 0 Å². The highest BCUT2D eigenvalue weighted by Gasteiger charge is 2.20. The van der Waals surface area contributed by atoms with Crippen LogP contribution in [0.15, 0.2) is 14.1 Å². The van der Waals surface area contributed by atoms with Gasteiger partial charge in [-0.15, -0.1) is 11.3 Å². The van der Waals surface area contributed by atoms with Crippen LogP contribution in [0.25, 0.3) is 0 Å². The molecule has 0 aliphatic rings. The van der Waals surface area contributed by atoms with E-state index in [0.717, 1.165) is 30.6 Å². The second-order valence-electron chi connectivity index (χ2n) is 4.56. The Morgan fingerprint density at radius 3 is 2.63 bits per heavy atom. The lowest BCUT2D eigenvalue weighted by Crippen LogP contribution is -2.32. The molecule has 0 spiro atoms. The molecule has 0 bridgehead atoms. The SMILES string of the molecule is CCCCCCC(C)NS(=O)(=O)c1cc(Cl)c(Br)s1. The van der Waals surface area contributed by atoms with Crippen molar-refractivity contribution in [3.05, 3.63) is 14.9 Å². The van der Waals surface area contributed by atoms with E-state index in [-0.39, 0.29) is 10.3 Å². The van der Waals surface area contributed by atoms with Crippen molar-refractivity contribution in [2.24, 2.45) is 0 Å². The van der Waals surface area contributed by atoms with E-state index in [2.05, 4.69) is 27.6 Å². The topological polar surface area (TPSA) is 46.2 Å². The van der Waals surface area contributed by atoms with Crippen LogP contribution < -0.4 is 4.72 Å². The van der Waals surface area contributed by atoms with E-state index in [9.17, 15) is 8.42 Å². The van der Waals surface area contributed by atoms with E-state index in [1.54, 1.807) is 0 Å². The van der Waals surface area contributed by atoms with Gasteiger partial charge in [0.25, 0.3) is 0 Å². The van der Waals surface area contributed by atoms with Gasteiger partial charge in [0, 0.05) is 6.04 Å². The molecule has 0 aliphatic heterocycles. The molecule has 7 heteroatoms. The van der Waals surface area contributed by atoms with Gasteiger partial charge in [-0.2, -0.15) is 0 Å². The molecule has 1 rings (SSSR count). The molecule has 110 valence electrons. The second kappa shape index (κ2) is 7.98. The quantitative estimate of drug-likeness (QED) is 0.650. The molecule has 1 unspecified atom stereocenters. The monoisotopic (exact) mass is 387 g/mol. The van der Waals surface area contributed by atoms with Crippen molar-refractivity contribution in [2.75, 3.05) is 0 Å². The summed E-state index contributed by atoms with van der Waals surface area (Å²) in [5.41, 5.74) is 0. The van der Waals surface area contributed by atoms with Crippen molar-refractivity contribution in [1.82, 2.24) is 4.72 Å². The molecule has 0 aliphatic carbocycles. The van der Waals surface area contributed by atoms with Gasteiger partial charge in [-0.05, 0) is 35.3 Å². The predicted octanol–water partition coefficient (Wildman–Crippen LogP) is 4.80. The molecule has 1 atom stereocenters. The molecule has 0 aromatic carbocycles. The van der Waals surface area contributed by atoms with Gasteiger partial charge in [0.05, 0.1) is 8.81 Å². The molecule has 0 radical (unpaired) electrons. The summed E-state index contributed by atoms with van der Waals surface area (Å²) >= 11 is 10.2. The van der Waals surface area contributed by atoms with Gasteiger partial charge < -0.3 is 0 Å². The summed E-state index contributed by atoms with van der Waals surface area (Å²) in [5.74, 6) is 0. The van der Waals surface area contributed by atoms with Crippen LogP contribution >= 0.6 is 38.9 Å². The van der Waals surface area contributed by atoms with Crippen LogP contribution in [0.3, 0.4) is 0 Å². The Hall–Kier alpha value is 0.380. The molecule has 0 fully saturated rings. The second-order valence-corrected chi connectivity index (χ2v) is 9.28. The molecular weight excluding hydrogens is 370 g/mol. The summed E-state index contributed by atoms with van der Waals surface area (Å²) in [6, 6.07) is 1.42. The van der Waals surface area contributed by atoms with Gasteiger partial charge in [0.1, 0.15) is 4.21 Å². The third-order valence-electron chi connectivity index (χ3n) is 2.73. The first-order valence-corrected chi connectivity index (χ1v) is 9.81. The van der Waals surface area contributed by atoms with Crippen LogP contribution in [0.1, 0.15) is 46.0 Å². The van der Waals surface area contributed by atoms with Gasteiger partial charge in [0.2, 0.25) is 10.0 Å². The van der Waals surface area contributed by atoms with Crippen LogP contribution in [0.5, 0.6) is 0 Å². The predicted molar refractivity (Wildman–Crippen MR) is 85.6 cm³/mol. The molecule has 0 saturated carbocycles. The maximum absolute atomic E-state index is 12.1. The van der Waals surface area contributed by atoms with Crippen LogP contribution in [0.2, 0.25) is 5.02 Å². The summed E-state index contributed by atoms with van der Waals surface area (Å²) in [7, 11) is -3.45. The minimum atomic E-state index is -3.45. The van der Waals surface area contributed by atoms with Crippen LogP contribution in [0.4, 0.5) is 0 Å². The Morgan fingerprint density at radius 2 is 2.11 bits per heavy atom. The smallest absolute Gasteiger partial charge is 0.208 e. The lowest BCUT2D eigenvalue weighted by molar-refractivity contribution is 0.523. The Labute approximate surface area is 132 Å². The van der Waals surface area contributed by atoms with Gasteiger partial charge in [-0.25, -0.2) is 13.1 Å². The number of nitrogens with one attached hydrogen (secondary N) is 1. The Balaban J connectivity index is 2.54. The van der Waals surface area contributed by atoms with Crippen LogP contribution in [0, 0.1) is 0 Å². The lowest BCUT2D eigenvalue weighted by Gasteiger charge is -2.12. The van der Waals surface area contributed by atoms with Gasteiger partial charge in [0.15, 0.2) is 0 Å². The fourth-order valence-electron chi connectivity index (χ4n) is 1.72. The van der Waals surface area contributed by atoms with E-state index in [4.69, 9.17) is 11.6 Å². The maximum Gasteiger partial charge on any atom is 0.250 e. The molecular formula is C12H19BrClNO2S2. The Kier molecular flexibility index (Phi) is 7.32. The maximum atomic E-state index is 12.1. The summed E-state index contributed by atoms with van der Waals surface area (Å²) in [5, 5.41) is 0.431. The highest BCUT2D eigenvalue weighted by Crippen LogP contribution is 2.34. The number of rotatable bonds is 8. The molecule has 1 N–H and O–H groups in total. The molecule has 19 heavy (non-hydrogen) atoms. The average molecular weight is 389 g/mol. The fourth-order valence-corrected chi connectivity index (χ4v) is 5.41. The number of thiophene rings is 1. The zero-order valence-electron chi connectivity index (χ0n) is 11.1. The zero-order chi connectivity index (χ0) is 14.5. The third-order valence-corrected chi connectivity index (χ3v) is 7.27. The largest absolute Gasteiger partial charge is 0.250 e. The molecule has 0 saturated heterocycles. The minimum Gasteiger partial charge on any atom is -0.208 e. The molecule has 3 nitrogen and oxygen atoms in total. The standard InChI is InChI=1S/C12H19BrClNO2S2/c1-3-4-5-6-7-9(2)15-19(16,17)11-8-10(14)12(13)18-11/h8-9,15H,3-7H2,1-2H3. The average Bonchev–Trinajstić information content (AvgIpc) is 2.66. The van der Waals surface area contributed by atoms with Crippen molar-refractivity contribution >= 4 is 48.9 Å². The van der Waals surface area contributed by atoms with E-state index >= 15 is 0 Å². The van der Waals surface area contributed by atoms with Gasteiger partial charge in [-0.3, -0.25) is 0 Å². The molecule has 1 aromatic rings. The van der Waals surface area contributed by atoms with Gasteiger partial charge >= 0.3 is 0 Å². The summed E-state index contributed by atoms with van der Waals surface area (Å²) in [4.78, 5) is 0. The number of halogens is 2. The normalized spacial score (nSPS) is 13.7. The third kappa shape index (κ3) is 5.71. The number of hydrogen-bond donors (Lipinski definition) is 1. The molecule has 1 aromatic heterocycles. The van der Waals surface area contributed by atoms with E-state index in [0.29, 0.717) is 8.81 Å². The zero-order valence-corrected chi connectivity index (χ0v) is 15.1. The fraction of sp³-hybridized carbons (Fsp3) is 0.667. The first kappa shape index (κ1) is 17.4. The Bertz CT molecular complexity index is 482. The van der Waals surface area contributed by atoms with E-state index in [1.165, 1.54) is 18.9 Å². The van der Waals surface area contributed by atoms with Crippen LogP contribution in [-0.2, 0) is 10.0 Å².